The summed E-state index contributed by atoms with van der Waals surface area (Å²) in [5, 5.41) is 3.23. The Morgan fingerprint density at radius 1 is 1.15 bits per heavy atom. The Bertz CT molecular complexity index is 866. The maximum absolute atomic E-state index is 12.8. The van der Waals surface area contributed by atoms with E-state index in [1.54, 1.807) is 54.6 Å². The molecule has 5 nitrogen and oxygen atoms in total. The van der Waals surface area contributed by atoms with Gasteiger partial charge in [0.1, 0.15) is 0 Å². The van der Waals surface area contributed by atoms with Crippen molar-refractivity contribution in [1.29, 1.82) is 0 Å². The summed E-state index contributed by atoms with van der Waals surface area (Å²) in [5.74, 6) is -0.152. The van der Waals surface area contributed by atoms with Gasteiger partial charge >= 0.3 is 0 Å². The van der Waals surface area contributed by atoms with E-state index in [2.05, 4.69) is 5.32 Å². The van der Waals surface area contributed by atoms with Crippen LogP contribution >= 0.6 is 0 Å². The van der Waals surface area contributed by atoms with Crippen LogP contribution in [0.5, 0.6) is 0 Å². The minimum Gasteiger partial charge on any atom is -0.337 e. The molecule has 3 rings (SSSR count). The average Bonchev–Trinajstić information content (AvgIpc) is 2.68. The molecule has 0 aliphatic carbocycles. The first-order valence-corrected chi connectivity index (χ1v) is 10.5. The highest BCUT2D eigenvalue weighted by atomic mass is 32.2. The summed E-state index contributed by atoms with van der Waals surface area (Å²) < 4.78 is 25.1. The number of benzene rings is 2. The van der Waals surface area contributed by atoms with E-state index in [0.29, 0.717) is 28.6 Å². The molecule has 1 atom stereocenters. The van der Waals surface area contributed by atoms with Gasteiger partial charge in [-0.05, 0) is 49.7 Å². The molecule has 0 radical (unpaired) electrons. The largest absolute Gasteiger partial charge is 0.337 e. The summed E-state index contributed by atoms with van der Waals surface area (Å²) >= 11 is 0. The van der Waals surface area contributed by atoms with E-state index < -0.39 is 9.84 Å². The Morgan fingerprint density at radius 3 is 2.65 bits per heavy atom. The number of piperidine rings is 1. The summed E-state index contributed by atoms with van der Waals surface area (Å²) in [6, 6.07) is 15.7. The quantitative estimate of drug-likeness (QED) is 0.876. The molecule has 2 aromatic rings. The van der Waals surface area contributed by atoms with Crippen molar-refractivity contribution in [3.05, 3.63) is 65.7 Å². The number of hydrogen-bond acceptors (Lipinski definition) is 4. The van der Waals surface area contributed by atoms with Crippen LogP contribution in [0.2, 0.25) is 0 Å². The monoisotopic (exact) mass is 372 g/mol. The highest BCUT2D eigenvalue weighted by molar-refractivity contribution is 7.90. The van der Waals surface area contributed by atoms with Gasteiger partial charge in [0.2, 0.25) is 0 Å². The molecule has 0 aromatic heterocycles. The fourth-order valence-electron chi connectivity index (χ4n) is 3.30. The van der Waals surface area contributed by atoms with Crippen LogP contribution in [0, 0.1) is 0 Å². The van der Waals surface area contributed by atoms with Gasteiger partial charge in [0.15, 0.2) is 9.84 Å². The van der Waals surface area contributed by atoms with Crippen molar-refractivity contribution >= 4 is 15.7 Å². The van der Waals surface area contributed by atoms with E-state index >= 15 is 0 Å². The van der Waals surface area contributed by atoms with Gasteiger partial charge in [-0.2, -0.15) is 0 Å². The van der Waals surface area contributed by atoms with Crippen LogP contribution in [0.3, 0.4) is 0 Å². The second kappa shape index (κ2) is 8.01. The van der Waals surface area contributed by atoms with E-state index in [4.69, 9.17) is 0 Å². The molecule has 0 spiro atoms. The van der Waals surface area contributed by atoms with Crippen LogP contribution in [0.1, 0.15) is 28.8 Å². The first kappa shape index (κ1) is 18.6. The predicted molar refractivity (Wildman–Crippen MR) is 102 cm³/mol. The fraction of sp³-hybridized carbons (Fsp3) is 0.350. The Hall–Kier alpha value is -2.18. The summed E-state index contributed by atoms with van der Waals surface area (Å²) in [6.07, 6.45) is 2.04. The molecule has 1 saturated heterocycles. The lowest BCUT2D eigenvalue weighted by Crippen LogP contribution is -2.46. The van der Waals surface area contributed by atoms with Crippen LogP contribution < -0.4 is 5.32 Å². The molecule has 6 heteroatoms. The van der Waals surface area contributed by atoms with Gasteiger partial charge in [0.05, 0.1) is 10.6 Å². The van der Waals surface area contributed by atoms with Crippen molar-refractivity contribution in [2.24, 2.45) is 0 Å². The highest BCUT2D eigenvalue weighted by Gasteiger charge is 2.24. The van der Waals surface area contributed by atoms with Crippen LogP contribution in [0.25, 0.3) is 0 Å². The van der Waals surface area contributed by atoms with Gasteiger partial charge in [-0.3, -0.25) is 4.79 Å². The smallest absolute Gasteiger partial charge is 0.253 e. The molecule has 0 saturated carbocycles. The van der Waals surface area contributed by atoms with Crippen LogP contribution in [-0.2, 0) is 15.6 Å². The van der Waals surface area contributed by atoms with E-state index in [1.165, 1.54) is 0 Å². The lowest BCUT2D eigenvalue weighted by atomic mass is 10.0. The zero-order chi connectivity index (χ0) is 18.6. The average molecular weight is 372 g/mol. The molecular weight excluding hydrogens is 348 g/mol. The summed E-state index contributed by atoms with van der Waals surface area (Å²) in [6.45, 7) is 1.42. The SMILES string of the molecule is CNC1CCCN(C(=O)c2cccc(CS(=O)(=O)c3ccccc3)c2)C1. The number of carbonyl (C=O) groups is 1. The normalized spacial score (nSPS) is 17.9. The second-order valence-electron chi connectivity index (χ2n) is 6.65. The summed E-state index contributed by atoms with van der Waals surface area (Å²) in [5.41, 5.74) is 1.17. The van der Waals surface area contributed by atoms with Gasteiger partial charge in [-0.25, -0.2) is 8.42 Å². The first-order chi connectivity index (χ1) is 12.5. The molecule has 138 valence electrons. The topological polar surface area (TPSA) is 66.5 Å². The van der Waals surface area contributed by atoms with Gasteiger partial charge < -0.3 is 10.2 Å². The molecule has 1 fully saturated rings. The minimum absolute atomic E-state index is 0.0380. The number of carbonyl (C=O) groups excluding carboxylic acids is 1. The number of nitrogens with zero attached hydrogens (tertiary/aromatic N) is 1. The van der Waals surface area contributed by atoms with Crippen LogP contribution in [0.4, 0.5) is 0 Å². The zero-order valence-corrected chi connectivity index (χ0v) is 15.7. The zero-order valence-electron chi connectivity index (χ0n) is 14.9. The second-order valence-corrected chi connectivity index (χ2v) is 8.64. The number of amides is 1. The van der Waals surface area contributed by atoms with Crippen molar-refractivity contribution in [3.8, 4) is 0 Å². The third kappa shape index (κ3) is 4.31. The highest BCUT2D eigenvalue weighted by Crippen LogP contribution is 2.19. The number of rotatable bonds is 5. The van der Waals surface area contributed by atoms with Gasteiger partial charge in [0.25, 0.3) is 5.91 Å². The molecule has 26 heavy (non-hydrogen) atoms. The Morgan fingerprint density at radius 2 is 1.92 bits per heavy atom. The van der Waals surface area contributed by atoms with E-state index in [9.17, 15) is 13.2 Å². The molecule has 0 bridgehead atoms. The van der Waals surface area contributed by atoms with Crippen LogP contribution in [-0.4, -0.2) is 45.4 Å². The van der Waals surface area contributed by atoms with Crippen LogP contribution in [0.15, 0.2) is 59.5 Å². The fourth-order valence-corrected chi connectivity index (χ4v) is 4.66. The molecule has 2 aromatic carbocycles. The third-order valence-corrected chi connectivity index (χ3v) is 6.45. The van der Waals surface area contributed by atoms with Crippen molar-refractivity contribution in [1.82, 2.24) is 10.2 Å². The van der Waals surface area contributed by atoms with Crippen molar-refractivity contribution < 1.29 is 13.2 Å². The summed E-state index contributed by atoms with van der Waals surface area (Å²) in [4.78, 5) is 14.9. The van der Waals surface area contributed by atoms with E-state index in [1.807, 2.05) is 11.9 Å². The number of nitrogens with one attached hydrogen (secondary N) is 1. The van der Waals surface area contributed by atoms with Gasteiger partial charge in [0, 0.05) is 24.7 Å². The minimum atomic E-state index is -3.43. The molecule has 1 aliphatic rings. The third-order valence-electron chi connectivity index (χ3n) is 4.75. The number of sulfone groups is 1. The maximum atomic E-state index is 12.8. The molecule has 1 N–H and O–H groups in total. The lowest BCUT2D eigenvalue weighted by molar-refractivity contribution is 0.0698. The van der Waals surface area contributed by atoms with Crippen molar-refractivity contribution in [3.63, 3.8) is 0 Å². The maximum Gasteiger partial charge on any atom is 0.253 e. The predicted octanol–water partition coefficient (Wildman–Crippen LogP) is 2.48. The number of likely N-dealkylation sites (tertiary alicyclic amines) is 1. The van der Waals surface area contributed by atoms with Gasteiger partial charge in [-0.1, -0.05) is 30.3 Å². The number of likely N-dealkylation sites (N-methyl/N-ethyl adjacent to an activating group) is 1. The summed E-state index contributed by atoms with van der Waals surface area (Å²) in [7, 11) is -1.52. The van der Waals surface area contributed by atoms with E-state index in [-0.39, 0.29) is 11.7 Å². The Labute approximate surface area is 154 Å². The Kier molecular flexibility index (Phi) is 5.74. The first-order valence-electron chi connectivity index (χ1n) is 8.83. The number of hydrogen-bond donors (Lipinski definition) is 1. The van der Waals surface area contributed by atoms with Crippen molar-refractivity contribution in [2.45, 2.75) is 29.5 Å². The molecular formula is C20H24N2O3S. The van der Waals surface area contributed by atoms with Gasteiger partial charge in [-0.15, -0.1) is 0 Å². The van der Waals surface area contributed by atoms with Crippen molar-refractivity contribution in [2.75, 3.05) is 20.1 Å². The molecule has 1 heterocycles. The lowest BCUT2D eigenvalue weighted by Gasteiger charge is -2.32. The van der Waals surface area contributed by atoms with E-state index in [0.717, 1.165) is 19.4 Å². The Balaban J connectivity index is 1.77. The molecule has 1 aliphatic heterocycles. The molecule has 1 unspecified atom stereocenters. The molecule has 1 amide bonds. The standard InChI is InChI=1S/C20H24N2O3S/c1-21-18-9-6-12-22(14-18)20(23)17-8-5-7-16(13-17)15-26(24,25)19-10-3-2-4-11-19/h2-5,7-8,10-11,13,18,21H,6,9,12,14-15H2,1H3.